The molecule has 12 nitrogen and oxygen atoms in total. The number of urea groups is 1. The highest BCUT2D eigenvalue weighted by Gasteiger charge is 2.32. The van der Waals surface area contributed by atoms with E-state index in [0.717, 1.165) is 0 Å². The molecule has 3 aromatic carbocycles. The third-order valence-corrected chi connectivity index (χ3v) is 8.57. The van der Waals surface area contributed by atoms with Crippen molar-refractivity contribution in [1.82, 2.24) is 9.80 Å². The number of para-hydroxylation sites is 3. The molecule has 0 saturated heterocycles. The van der Waals surface area contributed by atoms with Gasteiger partial charge in [0, 0.05) is 49.3 Å². The highest BCUT2D eigenvalue weighted by molar-refractivity contribution is 5.94. The molecule has 6 N–H and O–H groups in total. The number of carbonyl (C=O) groups excluding carboxylic acids is 4. The van der Waals surface area contributed by atoms with E-state index in [0.29, 0.717) is 66.3 Å². The van der Waals surface area contributed by atoms with E-state index in [2.05, 4.69) is 16.0 Å². The lowest BCUT2D eigenvalue weighted by Gasteiger charge is -2.34. The van der Waals surface area contributed by atoms with Crippen LogP contribution in [0.1, 0.15) is 51.5 Å². The Kier molecular flexibility index (Phi) is 13.4. The van der Waals surface area contributed by atoms with E-state index in [4.69, 9.17) is 10.5 Å². The molecule has 5 amide bonds. The number of aliphatic hydroxyl groups excluding tert-OH is 1. The molecule has 3 aromatic rings. The van der Waals surface area contributed by atoms with Crippen molar-refractivity contribution in [3.63, 3.8) is 0 Å². The largest absolute Gasteiger partial charge is 0.488 e. The summed E-state index contributed by atoms with van der Waals surface area (Å²) in [6, 6.07) is 20.8. The first-order chi connectivity index (χ1) is 23.5. The van der Waals surface area contributed by atoms with Gasteiger partial charge in [0.1, 0.15) is 11.9 Å². The maximum absolute atomic E-state index is 13.5. The summed E-state index contributed by atoms with van der Waals surface area (Å²) in [4.78, 5) is 54.8. The Labute approximate surface area is 288 Å². The van der Waals surface area contributed by atoms with Crippen LogP contribution in [0.2, 0.25) is 0 Å². The maximum atomic E-state index is 13.5. The molecule has 1 heterocycles. The number of unbranched alkanes of at least 4 members (excludes halogenated alkanes) is 2. The number of amides is 5. The summed E-state index contributed by atoms with van der Waals surface area (Å²) in [7, 11) is 1.69. The molecule has 0 spiro atoms. The number of likely N-dealkylation sites (N-methyl/N-ethyl adjacent to an activating group) is 1. The quantitative estimate of drug-likeness (QED) is 0.124. The number of hydrogen-bond donors (Lipinski definition) is 5. The third kappa shape index (κ3) is 11.0. The lowest BCUT2D eigenvalue weighted by molar-refractivity contribution is -0.134. The standard InChI is InChI=1S/C37H48N6O6/c1-25-22-43(26(2)24-44)36(47)21-27-20-29(39-34(45)16-8-5-9-17-35(46)41-31-15-11-10-14-30(31)38)18-19-32(27)49-33(25)23-42(3)37(48)40-28-12-6-4-7-13-28/h4,6-7,10-15,18-20,25-26,33,44H,5,8-9,16-17,21-24,38H2,1-3H3,(H,39,45)(H,40,48)(H,41,46)/t25-,26-,33-/m0/s1. The molecule has 4 rings (SSSR count). The number of ether oxygens (including phenoxy) is 1. The Morgan fingerprint density at radius 2 is 1.61 bits per heavy atom. The van der Waals surface area contributed by atoms with Crippen molar-refractivity contribution in [2.45, 2.75) is 64.5 Å². The normalized spacial score (nSPS) is 16.6. The fourth-order valence-corrected chi connectivity index (χ4v) is 5.61. The van der Waals surface area contributed by atoms with Gasteiger partial charge in [-0.25, -0.2) is 4.79 Å². The summed E-state index contributed by atoms with van der Waals surface area (Å²) in [5.74, 6) is -0.158. The maximum Gasteiger partial charge on any atom is 0.321 e. The van der Waals surface area contributed by atoms with Gasteiger partial charge in [0.25, 0.3) is 0 Å². The van der Waals surface area contributed by atoms with Gasteiger partial charge < -0.3 is 41.3 Å². The van der Waals surface area contributed by atoms with E-state index in [1.165, 1.54) is 0 Å². The number of nitrogens with one attached hydrogen (secondary N) is 3. The lowest BCUT2D eigenvalue weighted by atomic mass is 10.0. The molecule has 0 radical (unpaired) electrons. The Morgan fingerprint density at radius 1 is 0.939 bits per heavy atom. The average Bonchev–Trinajstić information content (AvgIpc) is 3.12. The fourth-order valence-electron chi connectivity index (χ4n) is 5.61. The molecule has 0 aliphatic carbocycles. The topological polar surface area (TPSA) is 166 Å². The molecule has 0 fully saturated rings. The molecule has 1 aliphatic heterocycles. The average molecular weight is 673 g/mol. The van der Waals surface area contributed by atoms with Gasteiger partial charge in [-0.3, -0.25) is 14.4 Å². The van der Waals surface area contributed by atoms with Crippen molar-refractivity contribution in [2.75, 3.05) is 48.4 Å². The zero-order valence-corrected chi connectivity index (χ0v) is 28.5. The van der Waals surface area contributed by atoms with Crippen LogP contribution in [0.15, 0.2) is 72.8 Å². The first-order valence-electron chi connectivity index (χ1n) is 16.7. The van der Waals surface area contributed by atoms with Crippen LogP contribution in [-0.4, -0.2) is 77.5 Å². The van der Waals surface area contributed by atoms with Crippen LogP contribution in [0, 0.1) is 5.92 Å². The predicted octanol–water partition coefficient (Wildman–Crippen LogP) is 5.11. The van der Waals surface area contributed by atoms with E-state index >= 15 is 0 Å². The van der Waals surface area contributed by atoms with Gasteiger partial charge in [-0.05, 0) is 62.2 Å². The minimum Gasteiger partial charge on any atom is -0.488 e. The van der Waals surface area contributed by atoms with Crippen LogP contribution in [0.5, 0.6) is 5.75 Å². The van der Waals surface area contributed by atoms with Crippen molar-refractivity contribution in [3.8, 4) is 5.75 Å². The predicted molar refractivity (Wildman–Crippen MR) is 191 cm³/mol. The van der Waals surface area contributed by atoms with Gasteiger partial charge >= 0.3 is 6.03 Å². The van der Waals surface area contributed by atoms with E-state index < -0.39 is 12.1 Å². The number of benzene rings is 3. The van der Waals surface area contributed by atoms with Crippen molar-refractivity contribution in [2.24, 2.45) is 5.92 Å². The summed E-state index contributed by atoms with van der Waals surface area (Å²) < 4.78 is 6.51. The highest BCUT2D eigenvalue weighted by atomic mass is 16.5. The summed E-state index contributed by atoms with van der Waals surface area (Å²) in [6.45, 7) is 4.14. The molecule has 0 unspecified atom stereocenters. The minimum absolute atomic E-state index is 0.0177. The zero-order valence-electron chi connectivity index (χ0n) is 28.5. The summed E-state index contributed by atoms with van der Waals surface area (Å²) in [5.41, 5.74) is 8.78. The molecule has 1 aliphatic rings. The van der Waals surface area contributed by atoms with E-state index in [1.54, 1.807) is 66.2 Å². The van der Waals surface area contributed by atoms with Crippen LogP contribution >= 0.6 is 0 Å². The highest BCUT2D eigenvalue weighted by Crippen LogP contribution is 2.29. The number of nitrogen functional groups attached to an aromatic ring is 1. The Hall–Kier alpha value is -5.10. The molecule has 262 valence electrons. The van der Waals surface area contributed by atoms with E-state index in [1.807, 2.05) is 37.3 Å². The number of hydrogen-bond acceptors (Lipinski definition) is 7. The monoisotopic (exact) mass is 672 g/mol. The number of nitrogens with zero attached hydrogens (tertiary/aromatic N) is 2. The Bertz CT molecular complexity index is 1580. The molecule has 49 heavy (non-hydrogen) atoms. The molecular formula is C37H48N6O6. The third-order valence-electron chi connectivity index (χ3n) is 8.57. The van der Waals surface area contributed by atoms with Crippen molar-refractivity contribution < 1.29 is 29.0 Å². The van der Waals surface area contributed by atoms with Crippen molar-refractivity contribution in [3.05, 3.63) is 78.4 Å². The van der Waals surface area contributed by atoms with Crippen LogP contribution in [0.25, 0.3) is 0 Å². The number of aliphatic hydroxyl groups is 1. The van der Waals surface area contributed by atoms with Crippen LogP contribution in [0.3, 0.4) is 0 Å². The van der Waals surface area contributed by atoms with Gasteiger partial charge in [-0.1, -0.05) is 43.7 Å². The molecular weight excluding hydrogens is 624 g/mol. The SMILES string of the molecule is C[C@H]1CN([C@@H](C)CO)C(=O)Cc2cc(NC(=O)CCCCCC(=O)Nc3ccccc3N)ccc2O[C@H]1CN(C)C(=O)Nc1ccccc1. The Morgan fingerprint density at radius 3 is 2.31 bits per heavy atom. The number of anilines is 4. The second-order valence-corrected chi connectivity index (χ2v) is 12.6. The van der Waals surface area contributed by atoms with E-state index in [-0.39, 0.29) is 55.7 Å². The molecule has 3 atom stereocenters. The van der Waals surface area contributed by atoms with E-state index in [9.17, 15) is 24.3 Å². The minimum atomic E-state index is -0.475. The number of carbonyl (C=O) groups is 4. The molecule has 0 saturated carbocycles. The lowest BCUT2D eigenvalue weighted by Crippen LogP contribution is -2.48. The van der Waals surface area contributed by atoms with Crippen molar-refractivity contribution >= 4 is 46.5 Å². The Balaban J connectivity index is 1.37. The number of rotatable bonds is 13. The summed E-state index contributed by atoms with van der Waals surface area (Å²) in [6.07, 6.45) is 2.09. The zero-order chi connectivity index (χ0) is 35.3. The second-order valence-electron chi connectivity index (χ2n) is 12.6. The molecule has 0 aromatic heterocycles. The van der Waals surface area contributed by atoms with Gasteiger partial charge in [0.2, 0.25) is 17.7 Å². The van der Waals surface area contributed by atoms with Gasteiger partial charge in [0.15, 0.2) is 0 Å². The van der Waals surface area contributed by atoms with Crippen LogP contribution in [0.4, 0.5) is 27.5 Å². The van der Waals surface area contributed by atoms with Gasteiger partial charge in [-0.2, -0.15) is 0 Å². The van der Waals surface area contributed by atoms with Crippen LogP contribution < -0.4 is 26.4 Å². The summed E-state index contributed by atoms with van der Waals surface area (Å²) >= 11 is 0. The molecule has 12 heteroatoms. The first-order valence-corrected chi connectivity index (χ1v) is 16.7. The number of nitrogens with two attached hydrogens (primary N) is 1. The first kappa shape index (κ1) is 36.7. The molecule has 0 bridgehead atoms. The van der Waals surface area contributed by atoms with Crippen molar-refractivity contribution in [1.29, 1.82) is 0 Å². The number of fused-ring (bicyclic) bond motifs is 1. The summed E-state index contributed by atoms with van der Waals surface area (Å²) in [5, 5.41) is 18.5. The fraction of sp³-hybridized carbons (Fsp3) is 0.405. The second kappa shape index (κ2) is 17.9. The smallest absolute Gasteiger partial charge is 0.321 e. The van der Waals surface area contributed by atoms with Gasteiger partial charge in [-0.15, -0.1) is 0 Å². The van der Waals surface area contributed by atoms with Crippen LogP contribution in [-0.2, 0) is 20.8 Å². The van der Waals surface area contributed by atoms with Gasteiger partial charge in [0.05, 0.1) is 37.0 Å².